The summed E-state index contributed by atoms with van der Waals surface area (Å²) in [6.45, 7) is 6.42. The van der Waals surface area contributed by atoms with Gasteiger partial charge in [0.2, 0.25) is 5.91 Å². The maximum Gasteiger partial charge on any atom is 0.255 e. The first-order valence-corrected chi connectivity index (χ1v) is 10.3. The molecule has 0 aliphatic carbocycles. The van der Waals surface area contributed by atoms with Crippen molar-refractivity contribution in [1.29, 1.82) is 0 Å². The van der Waals surface area contributed by atoms with Gasteiger partial charge in [0.05, 0.1) is 11.3 Å². The number of thiophene rings is 1. The number of amides is 2. The summed E-state index contributed by atoms with van der Waals surface area (Å²) in [5.41, 5.74) is 2.85. The molecule has 2 amide bonds. The van der Waals surface area contributed by atoms with Crippen LogP contribution in [0.3, 0.4) is 0 Å². The molecule has 2 aliphatic rings. The van der Waals surface area contributed by atoms with Crippen molar-refractivity contribution in [2.75, 3.05) is 19.6 Å². The third-order valence-electron chi connectivity index (χ3n) is 5.45. The Labute approximate surface area is 163 Å². The van der Waals surface area contributed by atoms with Gasteiger partial charge in [-0.3, -0.25) is 9.59 Å². The van der Waals surface area contributed by atoms with Crippen LogP contribution in [0.2, 0.25) is 0 Å². The first kappa shape index (κ1) is 18.1. The lowest BCUT2D eigenvalue weighted by molar-refractivity contribution is -0.130. The third-order valence-corrected chi connectivity index (χ3v) is 6.31. The number of hydrogen-bond donors (Lipinski definition) is 0. The number of piperidine rings is 1. The Balaban J connectivity index is 1.48. The molecule has 1 atom stereocenters. The molecule has 27 heavy (non-hydrogen) atoms. The number of carbonyl (C=O) groups excluding carboxylic acids is 2. The minimum atomic E-state index is 0.0819. The van der Waals surface area contributed by atoms with E-state index in [9.17, 15) is 9.59 Å². The molecule has 1 fully saturated rings. The number of hydrogen-bond acceptors (Lipinski definition) is 5. The molecule has 6 nitrogen and oxygen atoms in total. The summed E-state index contributed by atoms with van der Waals surface area (Å²) in [5.74, 6) is 1.25. The SMILES string of the molecule is CC(=O)N1CCC[C@@H](c2ncc3c(n2)CCN(C(=O)c2csc(C)c2)C3)C1. The van der Waals surface area contributed by atoms with Gasteiger partial charge in [0, 0.05) is 67.5 Å². The molecule has 7 heteroatoms. The Kier molecular flexibility index (Phi) is 4.95. The van der Waals surface area contributed by atoms with E-state index < -0.39 is 0 Å². The number of nitrogens with zero attached hydrogens (tertiary/aromatic N) is 4. The third kappa shape index (κ3) is 3.74. The minimum absolute atomic E-state index is 0.0819. The molecule has 2 aromatic rings. The molecule has 0 aromatic carbocycles. The summed E-state index contributed by atoms with van der Waals surface area (Å²) in [4.78, 5) is 38.7. The molecule has 0 radical (unpaired) electrons. The van der Waals surface area contributed by atoms with Gasteiger partial charge in [-0.2, -0.15) is 0 Å². The van der Waals surface area contributed by atoms with Crippen molar-refractivity contribution in [3.05, 3.63) is 45.2 Å². The lowest BCUT2D eigenvalue weighted by Crippen LogP contribution is -2.39. The van der Waals surface area contributed by atoms with Crippen LogP contribution in [-0.2, 0) is 17.8 Å². The summed E-state index contributed by atoms with van der Waals surface area (Å²) in [6.07, 6.45) is 4.64. The van der Waals surface area contributed by atoms with E-state index >= 15 is 0 Å². The van der Waals surface area contributed by atoms with Crippen molar-refractivity contribution in [2.45, 2.75) is 45.6 Å². The lowest BCUT2D eigenvalue weighted by Gasteiger charge is -2.32. The number of aryl methyl sites for hydroxylation is 1. The van der Waals surface area contributed by atoms with Crippen LogP contribution in [-0.4, -0.2) is 51.2 Å². The van der Waals surface area contributed by atoms with Gasteiger partial charge in [0.15, 0.2) is 0 Å². The minimum Gasteiger partial charge on any atom is -0.342 e. The van der Waals surface area contributed by atoms with Crippen molar-refractivity contribution < 1.29 is 9.59 Å². The smallest absolute Gasteiger partial charge is 0.255 e. The van der Waals surface area contributed by atoms with Crippen molar-refractivity contribution in [3.8, 4) is 0 Å². The molecular weight excluding hydrogens is 360 g/mol. The van der Waals surface area contributed by atoms with Crippen LogP contribution in [0, 0.1) is 6.92 Å². The largest absolute Gasteiger partial charge is 0.342 e. The van der Waals surface area contributed by atoms with Gasteiger partial charge in [0.25, 0.3) is 5.91 Å². The molecule has 0 saturated carbocycles. The highest BCUT2D eigenvalue weighted by molar-refractivity contribution is 7.10. The second-order valence-corrected chi connectivity index (χ2v) is 8.54. The molecule has 4 rings (SSSR count). The number of aromatic nitrogens is 2. The Morgan fingerprint density at radius 2 is 2.11 bits per heavy atom. The summed E-state index contributed by atoms with van der Waals surface area (Å²) < 4.78 is 0. The van der Waals surface area contributed by atoms with E-state index in [0.717, 1.165) is 53.3 Å². The summed E-state index contributed by atoms with van der Waals surface area (Å²) >= 11 is 1.60. The normalized spacial score (nSPS) is 19.7. The van der Waals surface area contributed by atoms with E-state index in [-0.39, 0.29) is 17.7 Å². The number of rotatable bonds is 2. The summed E-state index contributed by atoms with van der Waals surface area (Å²) in [6, 6.07) is 1.95. The fourth-order valence-corrected chi connectivity index (χ4v) is 4.59. The average molecular weight is 385 g/mol. The standard InChI is InChI=1S/C20H24N4O2S/c1-13-8-16(12-27-13)20(26)24-7-5-18-17(11-24)9-21-19(22-18)15-4-3-6-23(10-15)14(2)25/h8-9,12,15H,3-7,10-11H2,1-2H3/t15-/m1/s1. The Morgan fingerprint density at radius 1 is 1.26 bits per heavy atom. The van der Waals surface area contributed by atoms with Crippen LogP contribution < -0.4 is 0 Å². The molecule has 1 saturated heterocycles. The average Bonchev–Trinajstić information content (AvgIpc) is 3.13. The van der Waals surface area contributed by atoms with Crippen molar-refractivity contribution >= 4 is 23.2 Å². The fraction of sp³-hybridized carbons (Fsp3) is 0.500. The molecule has 2 aliphatic heterocycles. The zero-order valence-corrected chi connectivity index (χ0v) is 16.6. The van der Waals surface area contributed by atoms with E-state index in [1.807, 2.05) is 34.4 Å². The van der Waals surface area contributed by atoms with Crippen molar-refractivity contribution in [1.82, 2.24) is 19.8 Å². The van der Waals surface area contributed by atoms with Crippen LogP contribution in [0.5, 0.6) is 0 Å². The Hall–Kier alpha value is -2.28. The van der Waals surface area contributed by atoms with Crippen LogP contribution in [0.25, 0.3) is 0 Å². The van der Waals surface area contributed by atoms with Gasteiger partial charge in [-0.05, 0) is 25.8 Å². The maximum absolute atomic E-state index is 12.7. The van der Waals surface area contributed by atoms with Gasteiger partial charge in [-0.25, -0.2) is 9.97 Å². The second kappa shape index (κ2) is 7.38. The van der Waals surface area contributed by atoms with Crippen molar-refractivity contribution in [3.63, 3.8) is 0 Å². The molecule has 0 N–H and O–H groups in total. The van der Waals surface area contributed by atoms with Crippen LogP contribution in [0.15, 0.2) is 17.6 Å². The predicted octanol–water partition coefficient (Wildman–Crippen LogP) is 2.77. The molecule has 142 valence electrons. The van der Waals surface area contributed by atoms with Gasteiger partial charge in [-0.1, -0.05) is 0 Å². The van der Waals surface area contributed by atoms with Crippen LogP contribution in [0.1, 0.15) is 58.0 Å². The van der Waals surface area contributed by atoms with Crippen LogP contribution in [0.4, 0.5) is 0 Å². The maximum atomic E-state index is 12.7. The van der Waals surface area contributed by atoms with E-state index in [2.05, 4.69) is 4.98 Å². The fourth-order valence-electron chi connectivity index (χ4n) is 3.91. The molecule has 0 bridgehead atoms. The number of likely N-dealkylation sites (tertiary alicyclic amines) is 1. The Morgan fingerprint density at radius 3 is 2.85 bits per heavy atom. The van der Waals surface area contributed by atoms with E-state index in [4.69, 9.17) is 4.98 Å². The topological polar surface area (TPSA) is 66.4 Å². The number of fused-ring (bicyclic) bond motifs is 1. The highest BCUT2D eigenvalue weighted by Gasteiger charge is 2.28. The first-order chi connectivity index (χ1) is 13.0. The quantitative estimate of drug-likeness (QED) is 0.799. The zero-order valence-electron chi connectivity index (χ0n) is 15.8. The highest BCUT2D eigenvalue weighted by atomic mass is 32.1. The molecule has 0 unspecified atom stereocenters. The van der Waals surface area contributed by atoms with Crippen LogP contribution >= 0.6 is 11.3 Å². The van der Waals surface area contributed by atoms with E-state index in [1.165, 1.54) is 0 Å². The lowest BCUT2D eigenvalue weighted by atomic mass is 9.96. The second-order valence-electron chi connectivity index (χ2n) is 7.43. The highest BCUT2D eigenvalue weighted by Crippen LogP contribution is 2.27. The van der Waals surface area contributed by atoms with Gasteiger partial charge < -0.3 is 9.80 Å². The monoisotopic (exact) mass is 384 g/mol. The summed E-state index contributed by atoms with van der Waals surface area (Å²) in [5, 5.41) is 1.93. The molecular formula is C20H24N4O2S. The zero-order chi connectivity index (χ0) is 19.0. The van der Waals surface area contributed by atoms with Gasteiger partial charge >= 0.3 is 0 Å². The predicted molar refractivity (Wildman–Crippen MR) is 104 cm³/mol. The van der Waals surface area contributed by atoms with E-state index in [1.54, 1.807) is 18.3 Å². The molecule has 0 spiro atoms. The van der Waals surface area contributed by atoms with Gasteiger partial charge in [-0.15, -0.1) is 11.3 Å². The first-order valence-electron chi connectivity index (χ1n) is 9.46. The van der Waals surface area contributed by atoms with Gasteiger partial charge in [0.1, 0.15) is 5.82 Å². The molecule has 2 aromatic heterocycles. The molecule has 4 heterocycles. The Bertz CT molecular complexity index is 879. The summed E-state index contributed by atoms with van der Waals surface area (Å²) in [7, 11) is 0. The van der Waals surface area contributed by atoms with E-state index in [0.29, 0.717) is 19.6 Å². The number of carbonyl (C=O) groups is 2. The van der Waals surface area contributed by atoms with Crippen molar-refractivity contribution in [2.24, 2.45) is 0 Å².